The molecule has 3 heterocycles. The van der Waals surface area contributed by atoms with Crippen molar-refractivity contribution in [3.63, 3.8) is 0 Å². The lowest BCUT2D eigenvalue weighted by atomic mass is 9.91. The molecule has 8 amide bonds. The van der Waals surface area contributed by atoms with Crippen molar-refractivity contribution in [2.24, 2.45) is 17.6 Å². The van der Waals surface area contributed by atoms with Crippen LogP contribution in [0.1, 0.15) is 129 Å². The molecule has 0 spiro atoms. The molecule has 83 heavy (non-hydrogen) atoms. The molecule has 28 nitrogen and oxygen atoms in total. The van der Waals surface area contributed by atoms with Crippen molar-refractivity contribution in [1.82, 2.24) is 41.3 Å². The van der Waals surface area contributed by atoms with Gasteiger partial charge in [0.05, 0.1) is 30.8 Å². The van der Waals surface area contributed by atoms with Crippen LogP contribution in [-0.2, 0) is 43.1 Å². The van der Waals surface area contributed by atoms with Crippen LogP contribution in [0.5, 0.6) is 5.75 Å². The molecule has 1 aromatic carbocycles. The van der Waals surface area contributed by atoms with E-state index in [2.05, 4.69) is 47.4 Å². The Morgan fingerprint density at radius 1 is 0.747 bits per heavy atom. The highest BCUT2D eigenvalue weighted by Gasteiger charge is 2.49. The fourth-order valence-electron chi connectivity index (χ4n) is 10.3. The Kier molecular flexibility index (Phi) is 27.9. The van der Waals surface area contributed by atoms with E-state index in [0.717, 1.165) is 50.3 Å². The number of unbranched alkanes of at least 4 members (excludes halogenated alkanes) is 5. The summed E-state index contributed by atoms with van der Waals surface area (Å²) in [5.41, 5.74) is 5.20. The highest BCUT2D eigenvalue weighted by atomic mass is 16.7. The zero-order valence-corrected chi connectivity index (χ0v) is 48.3. The van der Waals surface area contributed by atoms with Gasteiger partial charge < -0.3 is 97.3 Å². The van der Waals surface area contributed by atoms with Crippen LogP contribution >= 0.6 is 0 Å². The number of benzene rings is 1. The second-order valence-corrected chi connectivity index (χ2v) is 22.6. The number of carbonyl (C=O) groups is 9. The number of primary amides is 1. The molecule has 3 aliphatic heterocycles. The van der Waals surface area contributed by atoms with E-state index in [9.17, 15) is 84.0 Å². The second-order valence-electron chi connectivity index (χ2n) is 22.6. The number of nitrogens with two attached hydrogens (primary N) is 1. The zero-order valence-electron chi connectivity index (χ0n) is 48.3. The van der Waals surface area contributed by atoms with Crippen LogP contribution in [0.25, 0.3) is 0 Å². The number of carbonyl (C=O) groups excluding carboxylic acids is 9. The van der Waals surface area contributed by atoms with Crippen LogP contribution in [0.2, 0.25) is 0 Å². The van der Waals surface area contributed by atoms with Crippen molar-refractivity contribution in [1.29, 1.82) is 0 Å². The summed E-state index contributed by atoms with van der Waals surface area (Å²) in [4.78, 5) is 127. The smallest absolute Gasteiger partial charge is 0.433 e. The van der Waals surface area contributed by atoms with Gasteiger partial charge >= 0.3 is 6.16 Å². The van der Waals surface area contributed by atoms with Crippen LogP contribution in [0.15, 0.2) is 24.3 Å². The van der Waals surface area contributed by atoms with Crippen LogP contribution < -0.4 is 37.1 Å². The average Bonchev–Trinajstić information content (AvgIpc) is 4.05. The van der Waals surface area contributed by atoms with E-state index in [1.165, 1.54) is 30.7 Å². The lowest BCUT2D eigenvalue weighted by Crippen LogP contribution is -2.64. The van der Waals surface area contributed by atoms with Gasteiger partial charge in [-0.2, -0.15) is 0 Å². The maximum atomic E-state index is 14.6. The van der Waals surface area contributed by atoms with Crippen molar-refractivity contribution in [2.75, 3.05) is 40.3 Å². The highest BCUT2D eigenvalue weighted by molar-refractivity contribution is 5.98. The quantitative estimate of drug-likeness (QED) is 0.0279. The van der Waals surface area contributed by atoms with E-state index < -0.39 is 171 Å². The highest BCUT2D eigenvalue weighted by Crippen LogP contribution is 2.27. The lowest BCUT2D eigenvalue weighted by molar-refractivity contribution is -0.149. The number of hydrogen-bond donors (Lipinski definition) is 14. The van der Waals surface area contributed by atoms with E-state index in [0.29, 0.717) is 36.1 Å². The molecule has 3 aliphatic rings. The molecule has 4 rings (SSSR count). The third-order valence-electron chi connectivity index (χ3n) is 15.2. The Labute approximate surface area is 483 Å². The third kappa shape index (κ3) is 21.2. The second kappa shape index (κ2) is 33.4. The number of aliphatic hydroxyl groups excluding tert-OH is 8. The Morgan fingerprint density at radius 2 is 1.36 bits per heavy atom. The zero-order chi connectivity index (χ0) is 61.8. The Balaban J connectivity index is 1.70. The predicted octanol–water partition coefficient (Wildman–Crippen LogP) is -2.97. The Bertz CT molecular complexity index is 2330. The molecular formula is C55H89N9O19. The topological polar surface area (TPSA) is 430 Å². The number of nitrogens with zero attached hydrogens (tertiary/aromatic N) is 3. The molecule has 3 saturated heterocycles. The average molecular weight is 1180 g/mol. The summed E-state index contributed by atoms with van der Waals surface area (Å²) >= 11 is 0. The molecule has 1 aromatic rings. The van der Waals surface area contributed by atoms with E-state index in [-0.39, 0.29) is 30.8 Å². The van der Waals surface area contributed by atoms with Gasteiger partial charge in [0, 0.05) is 38.9 Å². The molecule has 3 fully saturated rings. The van der Waals surface area contributed by atoms with Crippen LogP contribution in [0.3, 0.4) is 0 Å². The van der Waals surface area contributed by atoms with Gasteiger partial charge in [-0.1, -0.05) is 77.8 Å². The minimum atomic E-state index is -2.43. The summed E-state index contributed by atoms with van der Waals surface area (Å²) < 4.78 is 10.2. The molecule has 0 aliphatic carbocycles. The summed E-state index contributed by atoms with van der Waals surface area (Å²) in [5.74, 6) is -8.58. The first-order chi connectivity index (χ1) is 39.1. The van der Waals surface area contributed by atoms with Crippen molar-refractivity contribution in [2.45, 2.75) is 203 Å². The van der Waals surface area contributed by atoms with Crippen molar-refractivity contribution < 1.29 is 93.5 Å². The van der Waals surface area contributed by atoms with Crippen molar-refractivity contribution >= 4 is 53.4 Å². The number of amides is 8. The molecular weight excluding hydrogens is 1090 g/mol. The van der Waals surface area contributed by atoms with Crippen LogP contribution in [0.4, 0.5) is 4.79 Å². The molecule has 468 valence electrons. The van der Waals surface area contributed by atoms with Crippen LogP contribution in [0, 0.1) is 11.8 Å². The molecule has 0 bridgehead atoms. The fraction of sp³-hybridized carbons (Fsp3) is 0.727. The van der Waals surface area contributed by atoms with Gasteiger partial charge in [0.25, 0.3) is 0 Å². The van der Waals surface area contributed by atoms with Crippen molar-refractivity contribution in [3.05, 3.63) is 29.8 Å². The van der Waals surface area contributed by atoms with Gasteiger partial charge in [-0.25, -0.2) is 4.79 Å². The molecule has 28 heteroatoms. The van der Waals surface area contributed by atoms with Gasteiger partial charge in [0.15, 0.2) is 6.23 Å². The minimum Gasteiger partial charge on any atom is -0.433 e. The van der Waals surface area contributed by atoms with E-state index >= 15 is 0 Å². The van der Waals surface area contributed by atoms with Gasteiger partial charge in [-0.05, 0) is 69.8 Å². The molecule has 15 N–H and O–H groups in total. The lowest BCUT2D eigenvalue weighted by Gasteiger charge is -2.34. The Hall–Kier alpha value is -6.11. The molecule has 0 radical (unpaired) electrons. The standard InChI is InChI=1S/C55H89N9O19/c1-7-29(2)24-30(3)14-12-10-8-9-11-13-15-41(71)57-35-26-39(69)50(76)61-52(78)45-37(67)20-21-63(45)54(80)43(38(68)27-40(56)70)59-51(77)44(47(73)46(72)32-16-18-34(19-17-32)83-55(81)82-23-22-62(5)6)60-49(75)36-25-33(66)28-64(36)53(79)42(31(4)65)58-48(35)74/h16-19,29-31,33,35-39,42-47,50,65-69,72-73,76H,7-15,20-28H2,1-6H3,(H2,56,70)(H,57,71)(H,58,74)(H,59,77)(H,60,75)(H,61,78)/t29?,30?,31-,33+,35-,36-,37-,38-,39+,42-,43-,44-,45-,46-,47-,50+/m0/s1. The normalized spacial score (nSPS) is 27.3. The first-order valence-electron chi connectivity index (χ1n) is 28.6. The minimum absolute atomic E-state index is 0.00914. The number of likely N-dealkylation sites (N-methyl/N-ethyl adjacent to an activating group) is 1. The van der Waals surface area contributed by atoms with Gasteiger partial charge in [0.1, 0.15) is 66.9 Å². The van der Waals surface area contributed by atoms with Crippen LogP contribution in [-0.4, -0.2) is 228 Å². The maximum Gasteiger partial charge on any atom is 0.513 e. The monoisotopic (exact) mass is 1180 g/mol. The van der Waals surface area contributed by atoms with E-state index in [1.807, 2.05) is 0 Å². The molecule has 0 saturated carbocycles. The maximum absolute atomic E-state index is 14.6. The van der Waals surface area contributed by atoms with Gasteiger partial charge in [0.2, 0.25) is 47.3 Å². The summed E-state index contributed by atoms with van der Waals surface area (Å²) in [6.07, 6.45) is -11.7. The number of hydrogen-bond acceptors (Lipinski definition) is 20. The summed E-state index contributed by atoms with van der Waals surface area (Å²) in [7, 11) is 3.51. The number of aliphatic hydroxyl groups is 8. The third-order valence-corrected chi connectivity index (χ3v) is 15.2. The number of ether oxygens (including phenoxy) is 2. The number of rotatable bonds is 24. The van der Waals surface area contributed by atoms with E-state index in [1.54, 1.807) is 19.0 Å². The fourth-order valence-corrected chi connectivity index (χ4v) is 10.3. The van der Waals surface area contributed by atoms with Crippen molar-refractivity contribution in [3.8, 4) is 5.75 Å². The molecule has 2 unspecified atom stereocenters. The number of nitrogens with one attached hydrogen (secondary N) is 5. The largest absolute Gasteiger partial charge is 0.513 e. The Morgan fingerprint density at radius 3 is 1.99 bits per heavy atom. The molecule has 0 aromatic heterocycles. The summed E-state index contributed by atoms with van der Waals surface area (Å²) in [6.45, 7) is 7.08. The molecule has 16 atom stereocenters. The number of fused-ring (bicyclic) bond motifs is 2. The summed E-state index contributed by atoms with van der Waals surface area (Å²) in [6, 6.07) is -7.43. The summed E-state index contributed by atoms with van der Waals surface area (Å²) in [5, 5.41) is 102. The first kappa shape index (κ1) is 69.4. The van der Waals surface area contributed by atoms with E-state index in [4.69, 9.17) is 15.2 Å². The predicted molar refractivity (Wildman–Crippen MR) is 294 cm³/mol. The SMILES string of the molecule is CCC(C)CC(C)CCCCCCCCC(=O)N[C@H]1C[C@@H](O)[C@@H](O)NC(=O)[C@@H]2[C@@H](O)CCN2C(=O)[C@H]([C@@H](O)CC(N)=O)NC(=O)[C@H]([C@H](O)[C@@H](O)c2ccc(OC(=O)OCCN(C)C)cc2)NC(=O)[C@@H]2C[C@@H](O)CN2C(=O)[C@H]([C@H](C)O)NC1=O. The first-order valence-corrected chi connectivity index (χ1v) is 28.6. The van der Waals surface area contributed by atoms with Gasteiger partial charge in [-0.15, -0.1) is 0 Å². The van der Waals surface area contributed by atoms with Gasteiger partial charge in [-0.3, -0.25) is 38.4 Å².